The highest BCUT2D eigenvalue weighted by Crippen LogP contribution is 2.37. The summed E-state index contributed by atoms with van der Waals surface area (Å²) in [6, 6.07) is 26.9. The van der Waals surface area contributed by atoms with Gasteiger partial charge in [-0.2, -0.15) is 0 Å². The van der Waals surface area contributed by atoms with Crippen molar-refractivity contribution in [3.8, 4) is 11.1 Å². The van der Waals surface area contributed by atoms with Crippen LogP contribution < -0.4 is 0 Å². The van der Waals surface area contributed by atoms with Gasteiger partial charge in [0.05, 0.1) is 0 Å². The van der Waals surface area contributed by atoms with Gasteiger partial charge in [0.25, 0.3) is 0 Å². The maximum atomic E-state index is 2.41. The van der Waals surface area contributed by atoms with Crippen LogP contribution in [0.4, 0.5) is 0 Å². The average Bonchev–Trinajstić information content (AvgIpc) is 3.84. The predicted octanol–water partition coefficient (Wildman–Crippen LogP) is 15.1. The van der Waals surface area contributed by atoms with Gasteiger partial charge in [-0.05, 0) is 73.6 Å². The maximum absolute atomic E-state index is 2.41. The third-order valence-electron chi connectivity index (χ3n) is 7.03. The fraction of sp³-hybridized carbons (Fsp3) is 0.571. The Morgan fingerprint density at radius 1 is 0.333 bits per heavy atom. The van der Waals surface area contributed by atoms with E-state index in [1.165, 1.54) is 73.6 Å². The Bertz CT molecular complexity index is 809. The van der Waals surface area contributed by atoms with Gasteiger partial charge in [-0.3, -0.25) is 0 Å². The molecule has 0 spiro atoms. The summed E-state index contributed by atoms with van der Waals surface area (Å²) in [7, 11) is 0. The zero-order chi connectivity index (χ0) is 32.8. The van der Waals surface area contributed by atoms with Crippen LogP contribution in [0.1, 0.15) is 169 Å². The van der Waals surface area contributed by atoms with Crippen LogP contribution in [-0.4, -0.2) is 0 Å². The number of hydrogen-bond acceptors (Lipinski definition) is 0. The summed E-state index contributed by atoms with van der Waals surface area (Å²) < 4.78 is 0. The Morgan fingerprint density at radius 2 is 0.548 bits per heavy atom. The molecule has 2 aliphatic rings. The number of benzene rings is 3. The Morgan fingerprint density at radius 3 is 0.762 bits per heavy atom. The molecule has 0 nitrogen and oxygen atoms in total. The third-order valence-corrected chi connectivity index (χ3v) is 7.03. The van der Waals surface area contributed by atoms with Gasteiger partial charge in [0.1, 0.15) is 0 Å². The summed E-state index contributed by atoms with van der Waals surface area (Å²) in [5.41, 5.74) is 8.38. The zero-order valence-corrected chi connectivity index (χ0v) is 30.7. The van der Waals surface area contributed by atoms with Gasteiger partial charge in [-0.25, -0.2) is 0 Å². The molecule has 0 heteroatoms. The molecule has 0 N–H and O–H groups in total. The van der Waals surface area contributed by atoms with E-state index in [0.29, 0.717) is 0 Å². The smallest absolute Gasteiger partial charge is 0.0162 e. The molecule has 0 radical (unpaired) electrons. The minimum Gasteiger partial charge on any atom is -0.0683 e. The van der Waals surface area contributed by atoms with E-state index in [1.807, 2.05) is 83.1 Å². The largest absolute Gasteiger partial charge is 0.0683 e. The molecule has 240 valence electrons. The number of rotatable bonds is 3. The standard InChI is InChI=1S/C16H22.C14H14.6C2H6/c1-2-6-13(5-1)15-9-11-16(12-10-15)14-7-3-4-8-14;1-11-3-7-13(8-4-11)14-9-5-12(2)6-10-14;6*1-2/h9-14H,1-8H2;3-10H,1-2H3;6*1-2H3. The van der Waals surface area contributed by atoms with E-state index < -0.39 is 0 Å². The summed E-state index contributed by atoms with van der Waals surface area (Å²) >= 11 is 0. The summed E-state index contributed by atoms with van der Waals surface area (Å²) in [6.07, 6.45) is 11.4. The van der Waals surface area contributed by atoms with Crippen LogP contribution in [0.2, 0.25) is 0 Å². The summed E-state index contributed by atoms with van der Waals surface area (Å²) in [5, 5.41) is 0. The Labute approximate surface area is 265 Å². The number of hydrogen-bond donors (Lipinski definition) is 0. The second kappa shape index (κ2) is 31.6. The highest BCUT2D eigenvalue weighted by molar-refractivity contribution is 5.63. The van der Waals surface area contributed by atoms with Crippen molar-refractivity contribution in [3.63, 3.8) is 0 Å². The molecule has 5 rings (SSSR count). The van der Waals surface area contributed by atoms with Crippen LogP contribution in [0, 0.1) is 13.8 Å². The first-order valence-electron chi connectivity index (χ1n) is 17.9. The molecule has 0 atom stereocenters. The minimum absolute atomic E-state index is 0.873. The van der Waals surface area contributed by atoms with Gasteiger partial charge in [-0.15, -0.1) is 0 Å². The first kappa shape index (κ1) is 44.1. The van der Waals surface area contributed by atoms with E-state index in [0.717, 1.165) is 11.8 Å². The highest BCUT2D eigenvalue weighted by atomic mass is 14.2. The molecule has 0 bridgehead atoms. The van der Waals surface area contributed by atoms with Crippen molar-refractivity contribution in [2.45, 2.75) is 160 Å². The molecule has 0 unspecified atom stereocenters. The number of aryl methyl sites for hydroxylation is 2. The first-order chi connectivity index (χ1) is 20.7. The lowest BCUT2D eigenvalue weighted by Crippen LogP contribution is -1.95. The molecule has 0 aliphatic heterocycles. The van der Waals surface area contributed by atoms with Crippen LogP contribution in [0.15, 0.2) is 72.8 Å². The lowest BCUT2D eigenvalue weighted by molar-refractivity contribution is 0.709. The van der Waals surface area contributed by atoms with Crippen molar-refractivity contribution in [3.05, 3.63) is 95.1 Å². The first-order valence-corrected chi connectivity index (χ1v) is 17.9. The molecule has 2 saturated carbocycles. The Hall–Kier alpha value is -2.34. The van der Waals surface area contributed by atoms with E-state index in [2.05, 4.69) is 86.6 Å². The average molecular weight is 577 g/mol. The van der Waals surface area contributed by atoms with Gasteiger partial charge in [0.2, 0.25) is 0 Å². The topological polar surface area (TPSA) is 0 Å². The SMILES string of the molecule is CC.CC.CC.CC.CC.CC.Cc1ccc(-c2ccc(C)cc2)cc1.c1cc(C2CCCC2)ccc1C1CCCC1. The molecular formula is C42H72. The summed E-state index contributed by atoms with van der Waals surface area (Å²) in [5.74, 6) is 1.75. The van der Waals surface area contributed by atoms with E-state index >= 15 is 0 Å². The molecule has 0 amide bonds. The normalized spacial score (nSPS) is 13.0. The molecule has 3 aromatic carbocycles. The molecular weight excluding hydrogens is 504 g/mol. The molecule has 3 aromatic rings. The molecule has 42 heavy (non-hydrogen) atoms. The van der Waals surface area contributed by atoms with Crippen molar-refractivity contribution < 1.29 is 0 Å². The van der Waals surface area contributed by atoms with Crippen LogP contribution >= 0.6 is 0 Å². The Balaban J connectivity index is -0.000000537. The summed E-state index contributed by atoms with van der Waals surface area (Å²) in [4.78, 5) is 0. The fourth-order valence-corrected chi connectivity index (χ4v) is 5.05. The fourth-order valence-electron chi connectivity index (χ4n) is 5.05. The second-order valence-electron chi connectivity index (χ2n) is 9.36. The van der Waals surface area contributed by atoms with Crippen molar-refractivity contribution >= 4 is 0 Å². The van der Waals surface area contributed by atoms with Crippen LogP contribution in [0.3, 0.4) is 0 Å². The zero-order valence-electron chi connectivity index (χ0n) is 30.7. The van der Waals surface area contributed by atoms with E-state index in [-0.39, 0.29) is 0 Å². The molecule has 2 fully saturated rings. The maximum Gasteiger partial charge on any atom is -0.0162 e. The van der Waals surface area contributed by atoms with Gasteiger partial charge in [-0.1, -0.05) is 193 Å². The second-order valence-corrected chi connectivity index (χ2v) is 9.36. The quantitative estimate of drug-likeness (QED) is 0.291. The predicted molar refractivity (Wildman–Crippen MR) is 198 cm³/mol. The van der Waals surface area contributed by atoms with Crippen LogP contribution in [0.5, 0.6) is 0 Å². The van der Waals surface area contributed by atoms with Crippen molar-refractivity contribution in [1.29, 1.82) is 0 Å². The highest BCUT2D eigenvalue weighted by Gasteiger charge is 2.19. The minimum atomic E-state index is 0.873. The lowest BCUT2D eigenvalue weighted by Gasteiger charge is -2.13. The van der Waals surface area contributed by atoms with Gasteiger partial charge < -0.3 is 0 Å². The molecule has 0 aromatic heterocycles. The van der Waals surface area contributed by atoms with E-state index in [1.54, 1.807) is 11.1 Å². The van der Waals surface area contributed by atoms with Crippen LogP contribution in [0.25, 0.3) is 11.1 Å². The van der Waals surface area contributed by atoms with Crippen molar-refractivity contribution in [1.82, 2.24) is 0 Å². The van der Waals surface area contributed by atoms with Gasteiger partial charge >= 0.3 is 0 Å². The Kier molecular flexibility index (Phi) is 33.2. The van der Waals surface area contributed by atoms with Gasteiger partial charge in [0, 0.05) is 0 Å². The monoisotopic (exact) mass is 577 g/mol. The van der Waals surface area contributed by atoms with E-state index in [4.69, 9.17) is 0 Å². The molecule has 2 aliphatic carbocycles. The van der Waals surface area contributed by atoms with Crippen molar-refractivity contribution in [2.24, 2.45) is 0 Å². The van der Waals surface area contributed by atoms with Gasteiger partial charge in [0.15, 0.2) is 0 Å². The van der Waals surface area contributed by atoms with E-state index in [9.17, 15) is 0 Å². The molecule has 0 heterocycles. The summed E-state index contributed by atoms with van der Waals surface area (Å²) in [6.45, 7) is 28.2. The lowest BCUT2D eigenvalue weighted by atomic mass is 9.92. The third kappa shape index (κ3) is 17.6. The molecule has 0 saturated heterocycles. The van der Waals surface area contributed by atoms with Crippen LogP contribution in [-0.2, 0) is 0 Å². The van der Waals surface area contributed by atoms with Crippen molar-refractivity contribution in [2.75, 3.05) is 0 Å².